The van der Waals surface area contributed by atoms with E-state index in [0.29, 0.717) is 19.7 Å². The molecule has 1 saturated heterocycles. The first-order chi connectivity index (χ1) is 13.5. The van der Waals surface area contributed by atoms with E-state index in [2.05, 4.69) is 10.6 Å². The van der Waals surface area contributed by atoms with Crippen LogP contribution >= 0.6 is 12.2 Å². The van der Waals surface area contributed by atoms with Crippen LogP contribution in [0.1, 0.15) is 31.7 Å². The number of carbonyl (C=O) groups is 3. The van der Waals surface area contributed by atoms with Crippen molar-refractivity contribution in [1.82, 2.24) is 15.5 Å². The van der Waals surface area contributed by atoms with Gasteiger partial charge in [-0.05, 0) is 30.3 Å². The van der Waals surface area contributed by atoms with Gasteiger partial charge in [0.1, 0.15) is 6.04 Å². The molecule has 1 fully saturated rings. The number of hydrogen-bond acceptors (Lipinski definition) is 5. The maximum absolute atomic E-state index is 12.2. The van der Waals surface area contributed by atoms with Crippen LogP contribution in [0.4, 0.5) is 0 Å². The zero-order valence-electron chi connectivity index (χ0n) is 15.8. The van der Waals surface area contributed by atoms with Crippen LogP contribution < -0.4 is 10.6 Å². The molecule has 1 aliphatic heterocycles. The quantitative estimate of drug-likeness (QED) is 0.311. The lowest BCUT2D eigenvalue weighted by atomic mass is 10.1. The molecule has 7 nitrogen and oxygen atoms in total. The molecular weight excluding hydrogens is 378 g/mol. The Morgan fingerprint density at radius 2 is 2.11 bits per heavy atom. The Hall–Kier alpha value is -2.74. The number of nitrogens with one attached hydrogen (secondary N) is 2. The number of carbonyl (C=O) groups excluding carboxylic acids is 3. The van der Waals surface area contributed by atoms with Crippen LogP contribution in [-0.4, -0.2) is 53.5 Å². The highest BCUT2D eigenvalue weighted by Crippen LogP contribution is 2.11. The van der Waals surface area contributed by atoms with Gasteiger partial charge in [0.15, 0.2) is 5.11 Å². The third-order valence-electron chi connectivity index (χ3n) is 4.17. The second-order valence-electron chi connectivity index (χ2n) is 6.32. The first kappa shape index (κ1) is 21.6. The molecule has 1 atom stereocenters. The number of hydrogen-bond donors (Lipinski definition) is 2. The summed E-state index contributed by atoms with van der Waals surface area (Å²) in [5.41, 5.74) is 0.883. The zero-order valence-corrected chi connectivity index (χ0v) is 16.7. The largest absolute Gasteiger partial charge is 0.466 e. The molecule has 0 bridgehead atoms. The molecular formula is C20H25N3O4S. The third kappa shape index (κ3) is 6.77. The number of esters is 1. The van der Waals surface area contributed by atoms with E-state index in [4.69, 9.17) is 17.0 Å². The Morgan fingerprint density at radius 1 is 1.36 bits per heavy atom. The Kier molecular flexibility index (Phi) is 8.61. The molecule has 0 aromatic heterocycles. The summed E-state index contributed by atoms with van der Waals surface area (Å²) in [5.74, 6) is -1.17. The van der Waals surface area contributed by atoms with E-state index in [1.165, 1.54) is 6.08 Å². The molecule has 28 heavy (non-hydrogen) atoms. The molecule has 1 aromatic rings. The molecule has 2 N–H and O–H groups in total. The van der Waals surface area contributed by atoms with Crippen LogP contribution in [0.2, 0.25) is 0 Å². The first-order valence-corrected chi connectivity index (χ1v) is 9.70. The summed E-state index contributed by atoms with van der Waals surface area (Å²) in [4.78, 5) is 37.9. The van der Waals surface area contributed by atoms with E-state index in [1.807, 2.05) is 37.3 Å². The van der Waals surface area contributed by atoms with Gasteiger partial charge < -0.3 is 15.0 Å². The lowest BCUT2D eigenvalue weighted by Crippen LogP contribution is -2.60. The van der Waals surface area contributed by atoms with E-state index in [9.17, 15) is 14.4 Å². The van der Waals surface area contributed by atoms with Crippen molar-refractivity contribution in [2.75, 3.05) is 19.7 Å². The summed E-state index contributed by atoms with van der Waals surface area (Å²) in [6.45, 7) is 3.11. The molecule has 150 valence electrons. The fraction of sp³-hybridized carbons (Fsp3) is 0.400. The van der Waals surface area contributed by atoms with Gasteiger partial charge in [-0.1, -0.05) is 43.7 Å². The van der Waals surface area contributed by atoms with Gasteiger partial charge in [-0.15, -0.1) is 0 Å². The van der Waals surface area contributed by atoms with Crippen LogP contribution in [0.5, 0.6) is 0 Å². The van der Waals surface area contributed by atoms with Crippen molar-refractivity contribution >= 4 is 41.2 Å². The number of thiocarbonyl (C=S) groups is 1. The number of amides is 2. The predicted molar refractivity (Wildman–Crippen MR) is 110 cm³/mol. The third-order valence-corrected chi connectivity index (χ3v) is 4.51. The van der Waals surface area contributed by atoms with Crippen LogP contribution in [0.3, 0.4) is 0 Å². The Morgan fingerprint density at radius 3 is 2.82 bits per heavy atom. The van der Waals surface area contributed by atoms with E-state index < -0.39 is 17.9 Å². The van der Waals surface area contributed by atoms with Gasteiger partial charge in [0.2, 0.25) is 11.8 Å². The summed E-state index contributed by atoms with van der Waals surface area (Å²) >= 11 is 5.30. The number of unbranched alkanes of at least 4 members (excludes halogenated alkanes) is 1. The smallest absolute Gasteiger partial charge is 0.308 e. The van der Waals surface area contributed by atoms with Gasteiger partial charge in [0.05, 0.1) is 13.0 Å². The molecule has 1 aliphatic rings. The number of ether oxygens (including phenoxy) is 1. The predicted octanol–water partition coefficient (Wildman–Crippen LogP) is 1.63. The number of rotatable bonds is 7. The molecule has 2 rings (SSSR count). The highest BCUT2D eigenvalue weighted by Gasteiger charge is 2.34. The lowest BCUT2D eigenvalue weighted by molar-refractivity contribution is -0.147. The maximum atomic E-state index is 12.2. The summed E-state index contributed by atoms with van der Waals surface area (Å²) in [5, 5.41) is 5.43. The topological polar surface area (TPSA) is 87.7 Å². The first-order valence-electron chi connectivity index (χ1n) is 9.29. The van der Waals surface area contributed by atoms with Crippen LogP contribution in [0, 0.1) is 0 Å². The van der Waals surface area contributed by atoms with Crippen molar-refractivity contribution in [3.63, 3.8) is 0 Å². The summed E-state index contributed by atoms with van der Waals surface area (Å²) in [7, 11) is 0. The average Bonchev–Trinajstić information content (AvgIpc) is 2.69. The van der Waals surface area contributed by atoms with Gasteiger partial charge in [-0.2, -0.15) is 0 Å². The van der Waals surface area contributed by atoms with Gasteiger partial charge >= 0.3 is 5.97 Å². The Labute approximate surface area is 170 Å². The zero-order chi connectivity index (χ0) is 20.4. The van der Waals surface area contributed by atoms with E-state index in [-0.39, 0.29) is 17.4 Å². The van der Waals surface area contributed by atoms with Crippen molar-refractivity contribution in [2.45, 2.75) is 32.2 Å². The highest BCUT2D eigenvalue weighted by atomic mass is 32.1. The van der Waals surface area contributed by atoms with E-state index in [0.717, 1.165) is 18.4 Å². The van der Waals surface area contributed by atoms with Crippen molar-refractivity contribution in [3.8, 4) is 0 Å². The van der Waals surface area contributed by atoms with Crippen LogP contribution in [0.15, 0.2) is 36.4 Å². The summed E-state index contributed by atoms with van der Waals surface area (Å²) in [6.07, 6.45) is 4.61. The second kappa shape index (κ2) is 11.2. The molecule has 0 spiro atoms. The Balaban J connectivity index is 1.94. The molecule has 8 heteroatoms. The van der Waals surface area contributed by atoms with E-state index in [1.54, 1.807) is 11.0 Å². The SMILES string of the molecule is CCCCOC(=O)CC1C(=O)NCCN1C(=S)NC(=O)/C=C/c1ccccc1. The Bertz CT molecular complexity index is 736. The molecule has 1 heterocycles. The fourth-order valence-electron chi connectivity index (χ4n) is 2.66. The monoisotopic (exact) mass is 403 g/mol. The lowest BCUT2D eigenvalue weighted by Gasteiger charge is -2.36. The van der Waals surface area contributed by atoms with Crippen molar-refractivity contribution in [2.24, 2.45) is 0 Å². The van der Waals surface area contributed by atoms with Crippen molar-refractivity contribution < 1.29 is 19.1 Å². The molecule has 0 saturated carbocycles. The minimum absolute atomic E-state index is 0.115. The molecule has 0 aliphatic carbocycles. The van der Waals surface area contributed by atoms with Crippen LogP contribution in [0.25, 0.3) is 6.08 Å². The minimum atomic E-state index is -0.797. The fourth-order valence-corrected chi connectivity index (χ4v) is 2.98. The standard InChI is InChI=1S/C20H25N3O4S/c1-2-3-13-27-18(25)14-16-19(26)21-11-12-23(16)20(28)22-17(24)10-9-15-7-5-4-6-8-15/h4-10,16H,2-3,11-14H2,1H3,(H,21,26)(H,22,24,28)/b10-9+. The summed E-state index contributed by atoms with van der Waals surface area (Å²) in [6, 6.07) is 8.58. The maximum Gasteiger partial charge on any atom is 0.308 e. The average molecular weight is 404 g/mol. The second-order valence-corrected chi connectivity index (χ2v) is 6.70. The minimum Gasteiger partial charge on any atom is -0.466 e. The van der Waals surface area contributed by atoms with Crippen molar-refractivity contribution in [3.05, 3.63) is 42.0 Å². The highest BCUT2D eigenvalue weighted by molar-refractivity contribution is 7.80. The molecule has 1 aromatic carbocycles. The van der Waals surface area contributed by atoms with Crippen molar-refractivity contribution in [1.29, 1.82) is 0 Å². The van der Waals surface area contributed by atoms with Crippen LogP contribution in [-0.2, 0) is 19.1 Å². The molecule has 2 amide bonds. The van der Waals surface area contributed by atoms with Gasteiger partial charge in [-0.25, -0.2) is 0 Å². The molecule has 0 radical (unpaired) electrons. The molecule has 1 unspecified atom stereocenters. The van der Waals surface area contributed by atoms with Gasteiger partial charge in [0, 0.05) is 19.2 Å². The van der Waals surface area contributed by atoms with Gasteiger partial charge in [-0.3, -0.25) is 19.7 Å². The number of nitrogens with zero attached hydrogens (tertiary/aromatic N) is 1. The summed E-state index contributed by atoms with van der Waals surface area (Å²) < 4.78 is 5.14. The number of benzene rings is 1. The normalized spacial score (nSPS) is 16.5. The van der Waals surface area contributed by atoms with Gasteiger partial charge in [0.25, 0.3) is 0 Å². The number of piperazine rings is 1. The van der Waals surface area contributed by atoms with E-state index >= 15 is 0 Å².